The van der Waals surface area contributed by atoms with Gasteiger partial charge in [-0.15, -0.1) is 0 Å². The van der Waals surface area contributed by atoms with Crippen LogP contribution in [-0.2, 0) is 14.8 Å². The molecule has 1 amide bonds. The lowest BCUT2D eigenvalue weighted by molar-refractivity contribution is -0.00204. The third-order valence-corrected chi connectivity index (χ3v) is 5.86. The highest BCUT2D eigenvalue weighted by atomic mass is 79.9. The minimum absolute atomic E-state index is 0.171. The molecule has 1 fully saturated rings. The van der Waals surface area contributed by atoms with Crippen LogP contribution in [0.25, 0.3) is 0 Å². The number of hydrogen-bond acceptors (Lipinski definition) is 5. The fourth-order valence-electron chi connectivity index (χ4n) is 3.01. The topological polar surface area (TPSA) is 79.8 Å². The number of hydrogen-bond donors (Lipinski definition) is 0. The Bertz CT molecular complexity index is 777. The van der Waals surface area contributed by atoms with Crippen LogP contribution in [0.2, 0.25) is 5.15 Å². The van der Waals surface area contributed by atoms with E-state index in [0.29, 0.717) is 10.2 Å². The van der Waals surface area contributed by atoms with Crippen LogP contribution in [-0.4, -0.2) is 59.7 Å². The summed E-state index contributed by atoms with van der Waals surface area (Å²) in [7, 11) is -3.49. The predicted molar refractivity (Wildman–Crippen MR) is 104 cm³/mol. The van der Waals surface area contributed by atoms with Gasteiger partial charge in [0.2, 0.25) is 10.0 Å². The van der Waals surface area contributed by atoms with Gasteiger partial charge in [-0.2, -0.15) is 4.31 Å². The number of piperazine rings is 1. The molecule has 26 heavy (non-hydrogen) atoms. The van der Waals surface area contributed by atoms with E-state index in [0.717, 1.165) is 6.26 Å². The molecule has 0 spiro atoms. The molecule has 7 nitrogen and oxygen atoms in total. The quantitative estimate of drug-likeness (QED) is 0.621. The average Bonchev–Trinajstić information content (AvgIpc) is 2.42. The number of halogens is 2. The van der Waals surface area contributed by atoms with Crippen molar-refractivity contribution in [1.29, 1.82) is 0 Å². The summed E-state index contributed by atoms with van der Waals surface area (Å²) in [5.74, 6) is 0. The summed E-state index contributed by atoms with van der Waals surface area (Å²) in [6, 6.07) is 2.29. The van der Waals surface area contributed by atoms with E-state index in [4.69, 9.17) is 16.3 Å². The Labute approximate surface area is 167 Å². The first-order chi connectivity index (χ1) is 11.8. The van der Waals surface area contributed by atoms with E-state index >= 15 is 0 Å². The van der Waals surface area contributed by atoms with Gasteiger partial charge in [-0.05, 0) is 61.3 Å². The zero-order valence-electron chi connectivity index (χ0n) is 15.4. The number of rotatable bonds is 2. The normalized spacial score (nSPS) is 22.3. The van der Waals surface area contributed by atoms with E-state index in [-0.39, 0.29) is 18.2 Å². The second-order valence-corrected chi connectivity index (χ2v) is 10.4. The van der Waals surface area contributed by atoms with Gasteiger partial charge in [-0.1, -0.05) is 11.6 Å². The summed E-state index contributed by atoms with van der Waals surface area (Å²) in [4.78, 5) is 18.2. The van der Waals surface area contributed by atoms with Crippen LogP contribution in [0.15, 0.2) is 16.7 Å². The second-order valence-electron chi connectivity index (χ2n) is 7.28. The Hall–Kier alpha value is -0.900. The molecule has 10 heteroatoms. The molecule has 1 aromatic heterocycles. The van der Waals surface area contributed by atoms with Crippen LogP contribution >= 0.6 is 27.5 Å². The van der Waals surface area contributed by atoms with E-state index in [2.05, 4.69) is 20.9 Å². The summed E-state index contributed by atoms with van der Waals surface area (Å²) < 4.78 is 32.0. The molecule has 1 saturated heterocycles. The van der Waals surface area contributed by atoms with Crippen LogP contribution in [0.5, 0.6) is 0 Å². The summed E-state index contributed by atoms with van der Waals surface area (Å²) in [6.07, 6.45) is 0.690. The molecule has 2 atom stereocenters. The van der Waals surface area contributed by atoms with Gasteiger partial charge in [0.25, 0.3) is 0 Å². The average molecular weight is 469 g/mol. The number of aromatic nitrogens is 1. The minimum Gasteiger partial charge on any atom is -0.444 e. The molecule has 1 aromatic rings. The number of pyridine rings is 1. The van der Waals surface area contributed by atoms with E-state index < -0.39 is 33.8 Å². The van der Waals surface area contributed by atoms with Crippen LogP contribution in [0, 0.1) is 0 Å². The number of sulfonamides is 1. The van der Waals surface area contributed by atoms with Crippen molar-refractivity contribution >= 4 is 43.6 Å². The highest BCUT2D eigenvalue weighted by Crippen LogP contribution is 2.35. The Balaban J connectivity index is 2.44. The number of ether oxygens (including phenoxy) is 1. The van der Waals surface area contributed by atoms with Gasteiger partial charge >= 0.3 is 6.09 Å². The smallest absolute Gasteiger partial charge is 0.410 e. The molecule has 146 valence electrons. The number of carbonyl (C=O) groups excluding carboxylic acids is 1. The molecular weight excluding hydrogens is 446 g/mol. The molecule has 0 unspecified atom stereocenters. The van der Waals surface area contributed by atoms with Crippen molar-refractivity contribution in [3.8, 4) is 0 Å². The largest absolute Gasteiger partial charge is 0.444 e. The number of nitrogens with zero attached hydrogens (tertiary/aromatic N) is 3. The van der Waals surface area contributed by atoms with Crippen LogP contribution in [0.3, 0.4) is 0 Å². The van der Waals surface area contributed by atoms with Gasteiger partial charge in [0.1, 0.15) is 15.4 Å². The van der Waals surface area contributed by atoms with Crippen molar-refractivity contribution < 1.29 is 17.9 Å². The summed E-state index contributed by atoms with van der Waals surface area (Å²) in [6.45, 7) is 7.59. The maximum absolute atomic E-state index is 12.6. The van der Waals surface area contributed by atoms with Crippen LogP contribution < -0.4 is 0 Å². The highest BCUT2D eigenvalue weighted by Gasteiger charge is 2.42. The molecule has 2 rings (SSSR count). The van der Waals surface area contributed by atoms with E-state index in [1.54, 1.807) is 44.7 Å². The third-order valence-electron chi connectivity index (χ3n) is 4.00. The zero-order chi connectivity index (χ0) is 19.9. The lowest BCUT2D eigenvalue weighted by Gasteiger charge is -2.45. The lowest BCUT2D eigenvalue weighted by atomic mass is 9.98. The number of carbonyl (C=O) groups is 1. The molecule has 2 heterocycles. The maximum Gasteiger partial charge on any atom is 0.410 e. The summed E-state index contributed by atoms with van der Waals surface area (Å²) in [5.41, 5.74) is 0.0200. The van der Waals surface area contributed by atoms with E-state index in [9.17, 15) is 13.2 Å². The van der Waals surface area contributed by atoms with Crippen molar-refractivity contribution in [2.45, 2.75) is 45.4 Å². The summed E-state index contributed by atoms with van der Waals surface area (Å²) in [5, 5.41) is 0.240. The first kappa shape index (κ1) is 21.4. The second kappa shape index (κ2) is 7.61. The molecule has 0 bridgehead atoms. The molecule has 0 radical (unpaired) electrons. The maximum atomic E-state index is 12.6. The van der Waals surface area contributed by atoms with Crippen molar-refractivity contribution in [3.63, 3.8) is 0 Å². The Morgan fingerprint density at radius 2 is 1.96 bits per heavy atom. The van der Waals surface area contributed by atoms with E-state index in [1.165, 1.54) is 4.31 Å². The fourth-order valence-corrected chi connectivity index (χ4v) is 4.91. The Kier molecular flexibility index (Phi) is 6.27. The summed E-state index contributed by atoms with van der Waals surface area (Å²) >= 11 is 9.34. The molecular formula is C16H23BrClN3O4S. The third kappa shape index (κ3) is 5.09. The monoisotopic (exact) mass is 467 g/mol. The molecule has 0 saturated carbocycles. The Morgan fingerprint density at radius 3 is 2.46 bits per heavy atom. The van der Waals surface area contributed by atoms with Crippen LogP contribution in [0.4, 0.5) is 4.79 Å². The molecule has 1 aliphatic heterocycles. The SMILES string of the molecule is C[C@@H]1[C@@H](c2cc(Cl)nc(Br)c2)N(S(C)(=O)=O)CCN1C(=O)OC(C)(C)C. The predicted octanol–water partition coefficient (Wildman–Crippen LogP) is 3.44. The lowest BCUT2D eigenvalue weighted by Crippen LogP contribution is -2.57. The van der Waals surface area contributed by atoms with Crippen molar-refractivity contribution in [2.24, 2.45) is 0 Å². The van der Waals surface area contributed by atoms with Gasteiger partial charge in [-0.25, -0.2) is 18.2 Å². The molecule has 1 aliphatic rings. The van der Waals surface area contributed by atoms with Crippen molar-refractivity contribution in [3.05, 3.63) is 27.5 Å². The molecule has 0 aromatic carbocycles. The first-order valence-electron chi connectivity index (χ1n) is 8.09. The van der Waals surface area contributed by atoms with Crippen molar-refractivity contribution in [1.82, 2.24) is 14.2 Å². The molecule has 0 aliphatic carbocycles. The highest BCUT2D eigenvalue weighted by molar-refractivity contribution is 9.10. The van der Waals surface area contributed by atoms with Gasteiger partial charge < -0.3 is 9.64 Å². The van der Waals surface area contributed by atoms with Crippen molar-refractivity contribution in [2.75, 3.05) is 19.3 Å². The fraction of sp³-hybridized carbons (Fsp3) is 0.625. The van der Waals surface area contributed by atoms with E-state index in [1.807, 2.05) is 0 Å². The van der Waals surface area contributed by atoms with Gasteiger partial charge in [0.15, 0.2) is 0 Å². The van der Waals surface area contributed by atoms with Crippen LogP contribution in [0.1, 0.15) is 39.3 Å². The standard InChI is InChI=1S/C16H23BrClN3O4S/c1-10-14(11-8-12(17)19-13(18)9-11)21(26(5,23)24)7-6-20(10)15(22)25-16(2,3)4/h8-10,14H,6-7H2,1-5H3/t10-,14+/m1/s1. The zero-order valence-corrected chi connectivity index (χ0v) is 18.5. The first-order valence-corrected chi connectivity index (χ1v) is 11.1. The van der Waals surface area contributed by atoms with Gasteiger partial charge in [0, 0.05) is 13.1 Å². The number of amides is 1. The molecule has 0 N–H and O–H groups in total. The minimum atomic E-state index is -3.49. The van der Waals surface area contributed by atoms with Gasteiger partial charge in [0.05, 0.1) is 18.3 Å². The Morgan fingerprint density at radius 1 is 1.35 bits per heavy atom. The van der Waals surface area contributed by atoms with Gasteiger partial charge in [-0.3, -0.25) is 0 Å².